The lowest BCUT2D eigenvalue weighted by Gasteiger charge is -2.10. The zero-order valence-corrected chi connectivity index (χ0v) is 10.9. The largest absolute Gasteiger partial charge is 0.313 e. The Labute approximate surface area is 105 Å². The van der Waals surface area contributed by atoms with Gasteiger partial charge >= 0.3 is 0 Å². The molecule has 0 saturated carbocycles. The minimum atomic E-state index is 0.317. The van der Waals surface area contributed by atoms with E-state index >= 15 is 0 Å². The van der Waals surface area contributed by atoms with E-state index in [0.717, 1.165) is 10.2 Å². The molecule has 2 aromatic heterocycles. The Balaban J connectivity index is 2.19. The molecule has 0 aliphatic rings. The van der Waals surface area contributed by atoms with Gasteiger partial charge in [0, 0.05) is 19.3 Å². The molecule has 1 atom stereocenters. The van der Waals surface area contributed by atoms with Crippen molar-refractivity contribution in [3.05, 3.63) is 30.2 Å². The molecule has 2 aromatic rings. The van der Waals surface area contributed by atoms with Crippen LogP contribution in [0.15, 0.2) is 34.8 Å². The van der Waals surface area contributed by atoms with E-state index in [2.05, 4.69) is 33.4 Å². The standard InChI is InChI=1S/C11H15N5S/c1-8(12-2)9-4-5-13-10(6-9)17-11-14-7-15-16(11)3/h4-8,12H,1-3H3. The number of nitrogens with one attached hydrogen (secondary N) is 1. The van der Waals surface area contributed by atoms with Crippen LogP contribution < -0.4 is 5.32 Å². The van der Waals surface area contributed by atoms with Gasteiger partial charge in [0.25, 0.3) is 0 Å². The summed E-state index contributed by atoms with van der Waals surface area (Å²) in [4.78, 5) is 8.49. The molecule has 90 valence electrons. The molecule has 0 spiro atoms. The molecule has 0 amide bonds. The summed E-state index contributed by atoms with van der Waals surface area (Å²) in [7, 11) is 3.82. The van der Waals surface area contributed by atoms with Crippen LogP contribution >= 0.6 is 11.8 Å². The zero-order valence-electron chi connectivity index (χ0n) is 10.1. The third-order valence-electron chi connectivity index (χ3n) is 2.56. The van der Waals surface area contributed by atoms with Crippen molar-refractivity contribution in [1.82, 2.24) is 25.1 Å². The molecule has 1 unspecified atom stereocenters. The fourth-order valence-corrected chi connectivity index (χ4v) is 2.16. The highest BCUT2D eigenvalue weighted by atomic mass is 32.2. The van der Waals surface area contributed by atoms with Crippen LogP contribution in [0.25, 0.3) is 0 Å². The summed E-state index contributed by atoms with van der Waals surface area (Å²) in [6.45, 7) is 2.12. The Morgan fingerprint density at radius 1 is 1.41 bits per heavy atom. The maximum absolute atomic E-state index is 4.33. The van der Waals surface area contributed by atoms with Crippen LogP contribution in [0, 0.1) is 0 Å². The van der Waals surface area contributed by atoms with Crippen molar-refractivity contribution in [2.45, 2.75) is 23.1 Å². The molecule has 2 heterocycles. The van der Waals surface area contributed by atoms with Crippen LogP contribution in [0.1, 0.15) is 18.5 Å². The van der Waals surface area contributed by atoms with Gasteiger partial charge in [0.15, 0.2) is 5.16 Å². The highest BCUT2D eigenvalue weighted by molar-refractivity contribution is 7.99. The van der Waals surface area contributed by atoms with Gasteiger partial charge in [-0.05, 0) is 43.4 Å². The molecule has 17 heavy (non-hydrogen) atoms. The second kappa shape index (κ2) is 5.29. The number of rotatable bonds is 4. The van der Waals surface area contributed by atoms with Gasteiger partial charge in [-0.15, -0.1) is 0 Å². The summed E-state index contributed by atoms with van der Waals surface area (Å²) < 4.78 is 1.74. The van der Waals surface area contributed by atoms with Crippen molar-refractivity contribution in [2.75, 3.05) is 7.05 Å². The van der Waals surface area contributed by atoms with E-state index in [1.165, 1.54) is 17.3 Å². The van der Waals surface area contributed by atoms with Crippen LogP contribution in [0.2, 0.25) is 0 Å². The monoisotopic (exact) mass is 249 g/mol. The fraction of sp³-hybridized carbons (Fsp3) is 0.364. The van der Waals surface area contributed by atoms with Crippen LogP contribution in [0.4, 0.5) is 0 Å². The third kappa shape index (κ3) is 2.83. The van der Waals surface area contributed by atoms with Crippen LogP contribution in [-0.4, -0.2) is 26.8 Å². The third-order valence-corrected chi connectivity index (χ3v) is 3.54. The van der Waals surface area contributed by atoms with Gasteiger partial charge < -0.3 is 5.32 Å². The van der Waals surface area contributed by atoms with Gasteiger partial charge in [-0.2, -0.15) is 5.10 Å². The zero-order chi connectivity index (χ0) is 12.3. The van der Waals surface area contributed by atoms with E-state index in [0.29, 0.717) is 6.04 Å². The summed E-state index contributed by atoms with van der Waals surface area (Å²) in [6, 6.07) is 4.40. The van der Waals surface area contributed by atoms with Gasteiger partial charge in [0.1, 0.15) is 11.4 Å². The predicted molar refractivity (Wildman–Crippen MR) is 66.8 cm³/mol. The molecule has 0 aliphatic heterocycles. The molecular formula is C11H15N5S. The second-order valence-electron chi connectivity index (χ2n) is 3.71. The topological polar surface area (TPSA) is 55.6 Å². The van der Waals surface area contributed by atoms with E-state index < -0.39 is 0 Å². The second-order valence-corrected chi connectivity index (χ2v) is 4.69. The van der Waals surface area contributed by atoms with Crippen molar-refractivity contribution in [3.63, 3.8) is 0 Å². The van der Waals surface area contributed by atoms with E-state index in [1.54, 1.807) is 11.0 Å². The maximum Gasteiger partial charge on any atom is 0.192 e. The van der Waals surface area contributed by atoms with Gasteiger partial charge in [-0.25, -0.2) is 14.6 Å². The van der Waals surface area contributed by atoms with E-state index in [1.807, 2.05) is 26.4 Å². The molecule has 0 fully saturated rings. The molecule has 5 nitrogen and oxygen atoms in total. The van der Waals surface area contributed by atoms with Crippen molar-refractivity contribution >= 4 is 11.8 Å². The highest BCUT2D eigenvalue weighted by Crippen LogP contribution is 2.25. The normalized spacial score (nSPS) is 12.6. The number of aromatic nitrogens is 4. The lowest BCUT2D eigenvalue weighted by atomic mass is 10.1. The molecular weight excluding hydrogens is 234 g/mol. The molecule has 0 bridgehead atoms. The molecule has 6 heteroatoms. The number of aryl methyl sites for hydroxylation is 1. The number of pyridine rings is 1. The molecule has 0 saturated heterocycles. The Morgan fingerprint density at radius 2 is 2.24 bits per heavy atom. The summed E-state index contributed by atoms with van der Waals surface area (Å²) in [5.41, 5.74) is 1.21. The molecule has 1 N–H and O–H groups in total. The Bertz CT molecular complexity index is 496. The smallest absolute Gasteiger partial charge is 0.192 e. The minimum absolute atomic E-state index is 0.317. The first kappa shape index (κ1) is 12.1. The lowest BCUT2D eigenvalue weighted by Crippen LogP contribution is -2.12. The number of hydrogen-bond donors (Lipinski definition) is 1. The highest BCUT2D eigenvalue weighted by Gasteiger charge is 2.07. The lowest BCUT2D eigenvalue weighted by molar-refractivity contribution is 0.648. The van der Waals surface area contributed by atoms with Gasteiger partial charge in [0.05, 0.1) is 0 Å². The van der Waals surface area contributed by atoms with Gasteiger partial charge in [-0.3, -0.25) is 0 Å². The first-order chi connectivity index (χ1) is 8.20. The van der Waals surface area contributed by atoms with Crippen LogP contribution in [0.3, 0.4) is 0 Å². The fourth-order valence-electron chi connectivity index (χ4n) is 1.39. The summed E-state index contributed by atoms with van der Waals surface area (Å²) in [5, 5.41) is 9.01. The molecule has 0 aliphatic carbocycles. The first-order valence-corrected chi connectivity index (χ1v) is 6.17. The summed E-state index contributed by atoms with van der Waals surface area (Å²) in [5.74, 6) is 0. The van der Waals surface area contributed by atoms with Crippen LogP contribution in [0.5, 0.6) is 0 Å². The summed E-state index contributed by atoms with van der Waals surface area (Å²) in [6.07, 6.45) is 3.37. The van der Waals surface area contributed by atoms with Crippen molar-refractivity contribution in [2.24, 2.45) is 7.05 Å². The Kier molecular flexibility index (Phi) is 3.75. The van der Waals surface area contributed by atoms with E-state index in [-0.39, 0.29) is 0 Å². The summed E-state index contributed by atoms with van der Waals surface area (Å²) >= 11 is 1.51. The maximum atomic E-state index is 4.33. The molecule has 2 rings (SSSR count). The Hall–Kier alpha value is -1.40. The first-order valence-electron chi connectivity index (χ1n) is 5.35. The van der Waals surface area contributed by atoms with Crippen molar-refractivity contribution in [3.8, 4) is 0 Å². The van der Waals surface area contributed by atoms with Crippen molar-refractivity contribution < 1.29 is 0 Å². The van der Waals surface area contributed by atoms with E-state index in [4.69, 9.17) is 0 Å². The van der Waals surface area contributed by atoms with Crippen molar-refractivity contribution in [1.29, 1.82) is 0 Å². The molecule has 0 radical (unpaired) electrons. The van der Waals surface area contributed by atoms with E-state index in [9.17, 15) is 0 Å². The average molecular weight is 249 g/mol. The minimum Gasteiger partial charge on any atom is -0.313 e. The molecule has 0 aromatic carbocycles. The number of hydrogen-bond acceptors (Lipinski definition) is 5. The number of nitrogens with zero attached hydrogens (tertiary/aromatic N) is 4. The SMILES string of the molecule is CNC(C)c1ccnc(Sc2ncnn2C)c1. The van der Waals surface area contributed by atoms with Gasteiger partial charge in [-0.1, -0.05) is 0 Å². The quantitative estimate of drug-likeness (QED) is 0.892. The van der Waals surface area contributed by atoms with Crippen LogP contribution in [-0.2, 0) is 7.05 Å². The van der Waals surface area contributed by atoms with Gasteiger partial charge in [0.2, 0.25) is 0 Å². The average Bonchev–Trinajstić information content (AvgIpc) is 2.74. The predicted octanol–water partition coefficient (Wildman–Crippen LogP) is 1.64. The Morgan fingerprint density at radius 3 is 2.88 bits per heavy atom.